The molecule has 1 aromatic carbocycles. The van der Waals surface area contributed by atoms with Crippen LogP contribution in [0.15, 0.2) is 22.7 Å². The predicted molar refractivity (Wildman–Crippen MR) is 60.9 cm³/mol. The number of aliphatic carboxylic acids is 1. The zero-order valence-corrected chi connectivity index (χ0v) is 9.99. The van der Waals surface area contributed by atoms with E-state index in [0.29, 0.717) is 12.8 Å². The molecule has 82 valence electrons. The van der Waals surface area contributed by atoms with Crippen LogP contribution < -0.4 is 0 Å². The summed E-state index contributed by atoms with van der Waals surface area (Å²) in [5.74, 6) is -0.986. The third-order valence-corrected chi connectivity index (χ3v) is 3.09. The van der Waals surface area contributed by atoms with Crippen LogP contribution in [0.4, 0.5) is 0 Å². The zero-order chi connectivity index (χ0) is 11.4. The lowest BCUT2D eigenvalue weighted by Gasteiger charge is -2.09. The van der Waals surface area contributed by atoms with E-state index in [1.165, 1.54) is 0 Å². The molecule has 3 nitrogen and oxygen atoms in total. The Bertz CT molecular complexity index is 343. The molecule has 0 spiro atoms. The number of carbonyl (C=O) groups is 1. The highest BCUT2D eigenvalue weighted by molar-refractivity contribution is 9.10. The maximum absolute atomic E-state index is 10.6. The molecule has 1 aromatic rings. The van der Waals surface area contributed by atoms with Gasteiger partial charge in [0.1, 0.15) is 5.75 Å². The van der Waals surface area contributed by atoms with Crippen LogP contribution in [0.1, 0.15) is 18.9 Å². The number of phenols is 1. The summed E-state index contributed by atoms with van der Waals surface area (Å²) < 4.78 is 0.820. The summed E-state index contributed by atoms with van der Waals surface area (Å²) in [5.41, 5.74) is 0.769. The highest BCUT2D eigenvalue weighted by Gasteiger charge is 2.13. The molecule has 2 N–H and O–H groups in total. The van der Waals surface area contributed by atoms with Gasteiger partial charge in [0.15, 0.2) is 0 Å². The van der Waals surface area contributed by atoms with E-state index >= 15 is 0 Å². The number of rotatable bonds is 4. The average molecular weight is 273 g/mol. The second-order valence-electron chi connectivity index (χ2n) is 3.52. The molecule has 0 heterocycles. The SMILES string of the molecule is CC(CCc1c(O)cccc1Br)C(=O)O. The van der Waals surface area contributed by atoms with E-state index in [1.807, 2.05) is 6.07 Å². The Balaban J connectivity index is 2.69. The van der Waals surface area contributed by atoms with Gasteiger partial charge in [-0.15, -0.1) is 0 Å². The van der Waals surface area contributed by atoms with Crippen LogP contribution in [0.25, 0.3) is 0 Å². The monoisotopic (exact) mass is 272 g/mol. The first-order chi connectivity index (χ1) is 7.02. The van der Waals surface area contributed by atoms with Crippen molar-refractivity contribution in [3.05, 3.63) is 28.2 Å². The minimum absolute atomic E-state index is 0.210. The van der Waals surface area contributed by atoms with Crippen molar-refractivity contribution in [2.24, 2.45) is 5.92 Å². The quantitative estimate of drug-likeness (QED) is 0.886. The van der Waals surface area contributed by atoms with Gasteiger partial charge < -0.3 is 10.2 Å². The van der Waals surface area contributed by atoms with E-state index in [4.69, 9.17) is 5.11 Å². The molecule has 1 rings (SSSR count). The lowest BCUT2D eigenvalue weighted by Crippen LogP contribution is -2.10. The maximum atomic E-state index is 10.6. The standard InChI is InChI=1S/C11H13BrO3/c1-7(11(14)15)5-6-8-9(12)3-2-4-10(8)13/h2-4,7,13H,5-6H2,1H3,(H,14,15). The van der Waals surface area contributed by atoms with Crippen molar-refractivity contribution in [3.8, 4) is 5.75 Å². The van der Waals surface area contributed by atoms with Gasteiger partial charge in [-0.2, -0.15) is 0 Å². The molecule has 0 aliphatic rings. The van der Waals surface area contributed by atoms with Gasteiger partial charge in [0.25, 0.3) is 0 Å². The van der Waals surface area contributed by atoms with Gasteiger partial charge in [0.2, 0.25) is 0 Å². The highest BCUT2D eigenvalue weighted by atomic mass is 79.9. The fourth-order valence-electron chi connectivity index (χ4n) is 1.28. The van der Waals surface area contributed by atoms with E-state index in [0.717, 1.165) is 10.0 Å². The second kappa shape index (κ2) is 5.16. The van der Waals surface area contributed by atoms with E-state index in [9.17, 15) is 9.90 Å². The topological polar surface area (TPSA) is 57.5 Å². The second-order valence-corrected chi connectivity index (χ2v) is 4.37. The van der Waals surface area contributed by atoms with Gasteiger partial charge in [-0.25, -0.2) is 0 Å². The third-order valence-electron chi connectivity index (χ3n) is 2.34. The summed E-state index contributed by atoms with van der Waals surface area (Å²) in [6, 6.07) is 5.18. The van der Waals surface area contributed by atoms with Crippen LogP contribution in [0, 0.1) is 5.92 Å². The number of halogens is 1. The summed E-state index contributed by atoms with van der Waals surface area (Å²) in [6.07, 6.45) is 1.08. The number of benzene rings is 1. The molecule has 0 aliphatic heterocycles. The Morgan fingerprint density at radius 1 is 1.53 bits per heavy atom. The lowest BCUT2D eigenvalue weighted by molar-refractivity contribution is -0.141. The van der Waals surface area contributed by atoms with E-state index in [-0.39, 0.29) is 5.75 Å². The predicted octanol–water partition coefficient (Wildman–Crippen LogP) is 2.81. The van der Waals surface area contributed by atoms with Crippen LogP contribution in [0.2, 0.25) is 0 Å². The largest absolute Gasteiger partial charge is 0.508 e. The van der Waals surface area contributed by atoms with Gasteiger partial charge in [-0.1, -0.05) is 28.9 Å². The molecule has 0 aromatic heterocycles. The summed E-state index contributed by atoms with van der Waals surface area (Å²) in [6.45, 7) is 1.66. The fraction of sp³-hybridized carbons (Fsp3) is 0.364. The van der Waals surface area contributed by atoms with Crippen molar-refractivity contribution in [2.75, 3.05) is 0 Å². The van der Waals surface area contributed by atoms with Crippen LogP contribution in [0.5, 0.6) is 5.75 Å². The van der Waals surface area contributed by atoms with Crippen molar-refractivity contribution in [2.45, 2.75) is 19.8 Å². The Morgan fingerprint density at radius 2 is 2.20 bits per heavy atom. The minimum atomic E-state index is -0.804. The number of carboxylic acid groups (broad SMARTS) is 1. The van der Waals surface area contributed by atoms with Crippen molar-refractivity contribution in [3.63, 3.8) is 0 Å². The minimum Gasteiger partial charge on any atom is -0.508 e. The normalized spacial score (nSPS) is 12.4. The number of hydrogen-bond donors (Lipinski definition) is 2. The van der Waals surface area contributed by atoms with E-state index < -0.39 is 11.9 Å². The molecule has 1 atom stereocenters. The summed E-state index contributed by atoms with van der Waals surface area (Å²) >= 11 is 3.33. The fourth-order valence-corrected chi connectivity index (χ4v) is 1.83. The Morgan fingerprint density at radius 3 is 2.73 bits per heavy atom. The first-order valence-corrected chi connectivity index (χ1v) is 5.51. The number of hydrogen-bond acceptors (Lipinski definition) is 2. The molecular formula is C11H13BrO3. The smallest absolute Gasteiger partial charge is 0.306 e. The van der Waals surface area contributed by atoms with Crippen molar-refractivity contribution in [1.82, 2.24) is 0 Å². The molecule has 1 unspecified atom stereocenters. The molecular weight excluding hydrogens is 260 g/mol. The lowest BCUT2D eigenvalue weighted by atomic mass is 10.0. The number of aromatic hydroxyl groups is 1. The molecule has 0 amide bonds. The van der Waals surface area contributed by atoms with E-state index in [2.05, 4.69) is 15.9 Å². The summed E-state index contributed by atoms with van der Waals surface area (Å²) in [4.78, 5) is 10.6. The van der Waals surface area contributed by atoms with Crippen molar-refractivity contribution >= 4 is 21.9 Å². The molecule has 0 aliphatic carbocycles. The van der Waals surface area contributed by atoms with Crippen LogP contribution in [-0.4, -0.2) is 16.2 Å². The molecule has 0 saturated carbocycles. The van der Waals surface area contributed by atoms with Crippen molar-refractivity contribution < 1.29 is 15.0 Å². The Kier molecular flexibility index (Phi) is 4.15. The Labute approximate surface area is 96.9 Å². The van der Waals surface area contributed by atoms with Gasteiger partial charge in [0.05, 0.1) is 5.92 Å². The highest BCUT2D eigenvalue weighted by Crippen LogP contribution is 2.27. The van der Waals surface area contributed by atoms with Crippen LogP contribution in [-0.2, 0) is 11.2 Å². The molecule has 0 radical (unpaired) electrons. The zero-order valence-electron chi connectivity index (χ0n) is 8.40. The Hall–Kier alpha value is -1.03. The number of phenolic OH excluding ortho intramolecular Hbond substituents is 1. The molecule has 0 bridgehead atoms. The molecule has 0 fully saturated rings. The summed E-state index contributed by atoms with van der Waals surface area (Å²) in [5, 5.41) is 18.3. The van der Waals surface area contributed by atoms with Crippen LogP contribution in [0.3, 0.4) is 0 Å². The molecule has 15 heavy (non-hydrogen) atoms. The maximum Gasteiger partial charge on any atom is 0.306 e. The summed E-state index contributed by atoms with van der Waals surface area (Å²) in [7, 11) is 0. The van der Waals surface area contributed by atoms with Crippen molar-refractivity contribution in [1.29, 1.82) is 0 Å². The van der Waals surface area contributed by atoms with Crippen LogP contribution >= 0.6 is 15.9 Å². The first-order valence-electron chi connectivity index (χ1n) is 4.71. The van der Waals surface area contributed by atoms with Gasteiger partial charge in [0, 0.05) is 10.0 Å². The van der Waals surface area contributed by atoms with Gasteiger partial charge in [-0.3, -0.25) is 4.79 Å². The third kappa shape index (κ3) is 3.23. The van der Waals surface area contributed by atoms with E-state index in [1.54, 1.807) is 19.1 Å². The average Bonchev–Trinajstić information content (AvgIpc) is 2.16. The molecule has 0 saturated heterocycles. The number of carboxylic acids is 1. The first kappa shape index (κ1) is 12.0. The molecule has 4 heteroatoms. The van der Waals surface area contributed by atoms with Gasteiger partial charge in [-0.05, 0) is 25.0 Å². The van der Waals surface area contributed by atoms with Gasteiger partial charge >= 0.3 is 5.97 Å².